The van der Waals surface area contributed by atoms with Crippen LogP contribution < -0.4 is 11.1 Å². The van der Waals surface area contributed by atoms with Crippen molar-refractivity contribution in [2.45, 2.75) is 26.3 Å². The van der Waals surface area contributed by atoms with Gasteiger partial charge < -0.3 is 16.3 Å². The van der Waals surface area contributed by atoms with Gasteiger partial charge in [-0.3, -0.25) is 4.79 Å². The van der Waals surface area contributed by atoms with Gasteiger partial charge >= 0.3 is 0 Å². The molecule has 7 heteroatoms. The number of amidine groups is 1. The molecule has 4 N–H and O–H groups in total. The lowest BCUT2D eigenvalue weighted by Gasteiger charge is -2.43. The Balaban J connectivity index is 2.07. The third-order valence-electron chi connectivity index (χ3n) is 3.88. The van der Waals surface area contributed by atoms with E-state index in [0.717, 1.165) is 12.1 Å². The van der Waals surface area contributed by atoms with E-state index in [0.29, 0.717) is 18.8 Å². The highest BCUT2D eigenvalue weighted by molar-refractivity contribution is 6.07. The van der Waals surface area contributed by atoms with E-state index in [1.54, 1.807) is 0 Å². The summed E-state index contributed by atoms with van der Waals surface area (Å²) in [6.07, 6.45) is 0.946. The topological polar surface area (TPSA) is 87.7 Å². The normalized spacial score (nSPS) is 25.3. The number of carbonyl (C=O) groups is 1. The molecule has 114 valence electrons. The van der Waals surface area contributed by atoms with Crippen LogP contribution in [0.2, 0.25) is 0 Å². The SMILES string of the molecule is CC1CC(C(=O)NCc2ccc(F)cc2F)(/C(N)=N/O)C1. The molecule has 0 atom stereocenters. The van der Waals surface area contributed by atoms with Gasteiger partial charge in [-0.15, -0.1) is 0 Å². The number of hydrogen-bond acceptors (Lipinski definition) is 3. The Bertz CT molecular complexity index is 584. The third-order valence-corrected chi connectivity index (χ3v) is 3.88. The van der Waals surface area contributed by atoms with E-state index < -0.39 is 23.0 Å². The number of nitrogens with two attached hydrogens (primary N) is 1. The summed E-state index contributed by atoms with van der Waals surface area (Å²) in [4.78, 5) is 12.3. The molecule has 0 aliphatic heterocycles. The second kappa shape index (κ2) is 5.67. The minimum absolute atomic E-state index is 0.0835. The van der Waals surface area contributed by atoms with Crippen molar-refractivity contribution in [1.29, 1.82) is 0 Å². The molecule has 1 fully saturated rings. The molecule has 21 heavy (non-hydrogen) atoms. The Hall–Kier alpha value is -2.18. The molecular weight excluding hydrogens is 280 g/mol. The lowest BCUT2D eigenvalue weighted by molar-refractivity contribution is -0.133. The van der Waals surface area contributed by atoms with E-state index in [1.165, 1.54) is 6.07 Å². The first-order chi connectivity index (χ1) is 9.89. The van der Waals surface area contributed by atoms with Gasteiger partial charge in [-0.2, -0.15) is 0 Å². The number of carbonyl (C=O) groups excluding carboxylic acids is 1. The molecule has 1 saturated carbocycles. The Labute approximate surface area is 120 Å². The molecular formula is C14H17F2N3O2. The van der Waals surface area contributed by atoms with Crippen molar-refractivity contribution in [2.24, 2.45) is 22.2 Å². The molecule has 0 aromatic heterocycles. The van der Waals surface area contributed by atoms with Gasteiger partial charge in [-0.25, -0.2) is 8.78 Å². The van der Waals surface area contributed by atoms with Gasteiger partial charge in [0.15, 0.2) is 5.84 Å². The van der Waals surface area contributed by atoms with Crippen molar-refractivity contribution in [1.82, 2.24) is 5.32 Å². The maximum atomic E-state index is 13.5. The Kier molecular flexibility index (Phi) is 4.11. The van der Waals surface area contributed by atoms with Gasteiger partial charge in [0.1, 0.15) is 17.0 Å². The smallest absolute Gasteiger partial charge is 0.234 e. The predicted molar refractivity (Wildman–Crippen MR) is 72.4 cm³/mol. The van der Waals surface area contributed by atoms with Gasteiger partial charge in [-0.05, 0) is 24.8 Å². The van der Waals surface area contributed by atoms with E-state index in [4.69, 9.17) is 10.9 Å². The number of rotatable bonds is 4. The summed E-state index contributed by atoms with van der Waals surface area (Å²) in [6, 6.07) is 3.14. The monoisotopic (exact) mass is 297 g/mol. The molecule has 1 aliphatic rings. The molecule has 0 heterocycles. The fourth-order valence-electron chi connectivity index (χ4n) is 2.75. The molecule has 1 aromatic rings. The van der Waals surface area contributed by atoms with E-state index in [-0.39, 0.29) is 17.9 Å². The van der Waals surface area contributed by atoms with Crippen molar-refractivity contribution < 1.29 is 18.8 Å². The Morgan fingerprint density at radius 1 is 1.52 bits per heavy atom. The van der Waals surface area contributed by atoms with Crippen LogP contribution in [0.4, 0.5) is 8.78 Å². The average Bonchev–Trinajstić information content (AvgIpc) is 2.41. The van der Waals surface area contributed by atoms with Crippen LogP contribution in [-0.2, 0) is 11.3 Å². The van der Waals surface area contributed by atoms with E-state index in [1.807, 2.05) is 6.92 Å². The highest BCUT2D eigenvalue weighted by atomic mass is 19.1. The first-order valence-corrected chi connectivity index (χ1v) is 6.59. The van der Waals surface area contributed by atoms with Gasteiger partial charge in [0.25, 0.3) is 0 Å². The lowest BCUT2D eigenvalue weighted by atomic mass is 9.61. The van der Waals surface area contributed by atoms with Crippen molar-refractivity contribution >= 4 is 11.7 Å². The van der Waals surface area contributed by atoms with E-state index in [2.05, 4.69) is 10.5 Å². The maximum Gasteiger partial charge on any atom is 0.234 e. The van der Waals surface area contributed by atoms with E-state index in [9.17, 15) is 13.6 Å². The third kappa shape index (κ3) is 2.81. The summed E-state index contributed by atoms with van der Waals surface area (Å²) in [7, 11) is 0. The quantitative estimate of drug-likeness (QED) is 0.342. The number of amides is 1. The van der Waals surface area contributed by atoms with Gasteiger partial charge in [0.05, 0.1) is 0 Å². The first kappa shape index (κ1) is 15.2. The summed E-state index contributed by atoms with van der Waals surface area (Å²) in [5, 5.41) is 14.3. The lowest BCUT2D eigenvalue weighted by Crippen LogP contribution is -2.56. The number of benzene rings is 1. The van der Waals surface area contributed by atoms with Gasteiger partial charge in [0, 0.05) is 18.2 Å². The van der Waals surface area contributed by atoms with Crippen molar-refractivity contribution in [3.8, 4) is 0 Å². The van der Waals surface area contributed by atoms with Crippen LogP contribution in [0.15, 0.2) is 23.4 Å². The zero-order chi connectivity index (χ0) is 15.6. The van der Waals surface area contributed by atoms with Crippen LogP contribution in [0.1, 0.15) is 25.3 Å². The van der Waals surface area contributed by atoms with Crippen LogP contribution in [0.5, 0.6) is 0 Å². The van der Waals surface area contributed by atoms with E-state index >= 15 is 0 Å². The van der Waals surface area contributed by atoms with Gasteiger partial charge in [0.2, 0.25) is 5.91 Å². The molecule has 0 bridgehead atoms. The highest BCUT2D eigenvalue weighted by Crippen LogP contribution is 2.45. The Morgan fingerprint density at radius 2 is 2.19 bits per heavy atom. The minimum Gasteiger partial charge on any atom is -0.409 e. The van der Waals surface area contributed by atoms with Crippen LogP contribution in [0.3, 0.4) is 0 Å². The molecule has 2 rings (SSSR count). The fraction of sp³-hybridized carbons (Fsp3) is 0.429. The molecule has 1 amide bonds. The van der Waals surface area contributed by atoms with Gasteiger partial charge in [-0.1, -0.05) is 18.1 Å². The minimum atomic E-state index is -1.04. The van der Waals surface area contributed by atoms with Crippen molar-refractivity contribution in [3.63, 3.8) is 0 Å². The van der Waals surface area contributed by atoms with Crippen molar-refractivity contribution in [2.75, 3.05) is 0 Å². The molecule has 5 nitrogen and oxygen atoms in total. The van der Waals surface area contributed by atoms with Crippen LogP contribution in [-0.4, -0.2) is 17.0 Å². The predicted octanol–water partition coefficient (Wildman–Crippen LogP) is 1.74. The van der Waals surface area contributed by atoms with Crippen LogP contribution >= 0.6 is 0 Å². The molecule has 0 unspecified atom stereocenters. The van der Waals surface area contributed by atoms with Crippen molar-refractivity contribution in [3.05, 3.63) is 35.4 Å². The standard InChI is InChI=1S/C14H17F2N3O2/c1-8-5-14(6-8,12(17)19-21)13(20)18-7-9-2-3-10(15)4-11(9)16/h2-4,8,21H,5-7H2,1H3,(H2,17,19)(H,18,20). The largest absolute Gasteiger partial charge is 0.409 e. The summed E-state index contributed by atoms with van der Waals surface area (Å²) in [6.45, 7) is 1.87. The number of oxime groups is 1. The molecule has 0 saturated heterocycles. The van der Waals surface area contributed by atoms with Crippen LogP contribution in [0.25, 0.3) is 0 Å². The molecule has 0 spiro atoms. The number of nitrogens with one attached hydrogen (secondary N) is 1. The second-order valence-corrected chi connectivity index (χ2v) is 5.50. The summed E-state index contributed by atoms with van der Waals surface area (Å²) in [5.41, 5.74) is 4.75. The zero-order valence-electron chi connectivity index (χ0n) is 11.6. The zero-order valence-corrected chi connectivity index (χ0v) is 11.6. The molecule has 0 radical (unpaired) electrons. The number of halogens is 2. The maximum absolute atomic E-state index is 13.5. The summed E-state index contributed by atoms with van der Waals surface area (Å²) in [5.74, 6) is -1.67. The highest BCUT2D eigenvalue weighted by Gasteiger charge is 2.52. The number of nitrogens with zero attached hydrogens (tertiary/aromatic N) is 1. The number of hydrogen-bond donors (Lipinski definition) is 3. The Morgan fingerprint density at radius 3 is 2.71 bits per heavy atom. The molecule has 1 aromatic carbocycles. The average molecular weight is 297 g/mol. The second-order valence-electron chi connectivity index (χ2n) is 5.50. The molecule has 1 aliphatic carbocycles. The fourth-order valence-corrected chi connectivity index (χ4v) is 2.75. The van der Waals surface area contributed by atoms with Crippen LogP contribution in [0, 0.1) is 23.0 Å². The first-order valence-electron chi connectivity index (χ1n) is 6.59. The summed E-state index contributed by atoms with van der Waals surface area (Å²) >= 11 is 0. The summed E-state index contributed by atoms with van der Waals surface area (Å²) < 4.78 is 26.3.